The number of halogens is 5. The molecule has 3 aromatic rings. The Morgan fingerprint density at radius 1 is 1.23 bits per heavy atom. The van der Waals surface area contributed by atoms with Crippen LogP contribution >= 0.6 is 34.5 Å². The smallest absolute Gasteiger partial charge is 0.305 e. The number of carbonyl (C=O) groups excluding carboxylic acids is 1. The Morgan fingerprint density at radius 3 is 2.61 bits per heavy atom. The van der Waals surface area contributed by atoms with Gasteiger partial charge in [0.1, 0.15) is 6.54 Å². The number of pyridine rings is 1. The first-order valence-electron chi connectivity index (χ1n) is 8.70. The number of carbonyl (C=O) groups is 1. The zero-order valence-electron chi connectivity index (χ0n) is 15.7. The molecule has 2 aromatic heterocycles. The number of thiazole rings is 1. The molecule has 0 unspecified atom stereocenters. The highest BCUT2D eigenvalue weighted by Gasteiger charge is 2.31. The third-order valence-electron chi connectivity index (χ3n) is 4.17. The first kappa shape index (κ1) is 23.1. The first-order valence-corrected chi connectivity index (χ1v) is 10.3. The number of anilines is 1. The summed E-state index contributed by atoms with van der Waals surface area (Å²) in [5.41, 5.74) is -0.532. The third kappa shape index (κ3) is 5.36. The van der Waals surface area contributed by atoms with Crippen LogP contribution in [-0.2, 0) is 17.5 Å². The molecule has 0 fully saturated rings. The van der Waals surface area contributed by atoms with Crippen LogP contribution < -0.4 is 10.5 Å². The van der Waals surface area contributed by atoms with Gasteiger partial charge in [-0.05, 0) is 18.2 Å². The molecule has 0 saturated carbocycles. The van der Waals surface area contributed by atoms with Crippen LogP contribution in [0, 0.1) is 0 Å². The highest BCUT2D eigenvalue weighted by atomic mass is 35.5. The predicted octanol–water partition coefficient (Wildman–Crippen LogP) is 5.52. The lowest BCUT2D eigenvalue weighted by atomic mass is 10.2. The van der Waals surface area contributed by atoms with Gasteiger partial charge >= 0.3 is 6.18 Å². The van der Waals surface area contributed by atoms with Crippen molar-refractivity contribution in [3.63, 3.8) is 0 Å². The van der Waals surface area contributed by atoms with E-state index in [2.05, 4.69) is 11.6 Å². The van der Waals surface area contributed by atoms with Crippen molar-refractivity contribution in [3.05, 3.63) is 80.5 Å². The van der Waals surface area contributed by atoms with Crippen molar-refractivity contribution in [2.45, 2.75) is 12.7 Å². The maximum absolute atomic E-state index is 12.9. The van der Waals surface area contributed by atoms with E-state index in [1.807, 2.05) is 0 Å². The Morgan fingerprint density at radius 2 is 1.97 bits per heavy atom. The maximum atomic E-state index is 12.9. The molecule has 0 atom stereocenters. The minimum atomic E-state index is -4.64. The van der Waals surface area contributed by atoms with Gasteiger partial charge in [0.2, 0.25) is 5.91 Å². The van der Waals surface area contributed by atoms with Crippen LogP contribution in [0.3, 0.4) is 0 Å². The van der Waals surface area contributed by atoms with Gasteiger partial charge in [0.25, 0.3) is 5.56 Å². The topological polar surface area (TPSA) is 55.2 Å². The molecule has 1 amide bonds. The van der Waals surface area contributed by atoms with Crippen molar-refractivity contribution in [3.8, 4) is 11.3 Å². The molecule has 162 valence electrons. The summed E-state index contributed by atoms with van der Waals surface area (Å²) in [6.45, 7) is 3.07. The van der Waals surface area contributed by atoms with Crippen molar-refractivity contribution in [2.24, 2.45) is 0 Å². The van der Waals surface area contributed by atoms with E-state index < -0.39 is 29.8 Å². The fourth-order valence-corrected chi connectivity index (χ4v) is 3.80. The number of hydrogen-bond donors (Lipinski definition) is 0. The summed E-state index contributed by atoms with van der Waals surface area (Å²) in [7, 11) is 0. The summed E-state index contributed by atoms with van der Waals surface area (Å²) in [6, 6.07) is 6.42. The molecule has 0 saturated heterocycles. The third-order valence-corrected chi connectivity index (χ3v) is 5.77. The van der Waals surface area contributed by atoms with Crippen LogP contribution in [0.4, 0.5) is 18.3 Å². The molecular weight excluding hydrogens is 474 g/mol. The molecule has 2 heterocycles. The molecule has 1 aromatic carbocycles. The summed E-state index contributed by atoms with van der Waals surface area (Å²) in [6.07, 6.45) is -2.56. The summed E-state index contributed by atoms with van der Waals surface area (Å²) in [5, 5.41) is 2.73. The van der Waals surface area contributed by atoms with Gasteiger partial charge in [0.05, 0.1) is 21.3 Å². The zero-order valence-corrected chi connectivity index (χ0v) is 18.0. The van der Waals surface area contributed by atoms with Gasteiger partial charge in [0, 0.05) is 29.8 Å². The van der Waals surface area contributed by atoms with Gasteiger partial charge in [-0.2, -0.15) is 13.2 Å². The molecule has 0 aliphatic heterocycles. The average Bonchev–Trinajstić information content (AvgIpc) is 3.18. The Labute approximate surface area is 189 Å². The van der Waals surface area contributed by atoms with Crippen LogP contribution in [-0.4, -0.2) is 22.0 Å². The molecule has 0 spiro atoms. The van der Waals surface area contributed by atoms with Crippen molar-refractivity contribution in [1.82, 2.24) is 9.55 Å². The highest BCUT2D eigenvalue weighted by Crippen LogP contribution is 2.32. The van der Waals surface area contributed by atoms with E-state index in [1.54, 1.807) is 23.6 Å². The molecule has 0 aliphatic carbocycles. The van der Waals surface area contributed by atoms with Gasteiger partial charge in [-0.15, -0.1) is 17.9 Å². The lowest BCUT2D eigenvalue weighted by molar-refractivity contribution is -0.138. The summed E-state index contributed by atoms with van der Waals surface area (Å²) in [5.74, 6) is -0.614. The molecule has 3 rings (SSSR count). The second-order valence-corrected chi connectivity index (χ2v) is 7.97. The van der Waals surface area contributed by atoms with E-state index in [1.165, 1.54) is 11.0 Å². The Hall–Kier alpha value is -2.62. The van der Waals surface area contributed by atoms with Crippen molar-refractivity contribution >= 4 is 45.6 Å². The van der Waals surface area contributed by atoms with Gasteiger partial charge in [-0.1, -0.05) is 35.3 Å². The summed E-state index contributed by atoms with van der Waals surface area (Å²) < 4.78 is 39.6. The van der Waals surface area contributed by atoms with Gasteiger partial charge in [-0.3, -0.25) is 14.5 Å². The minimum absolute atomic E-state index is 0.0564. The van der Waals surface area contributed by atoms with Gasteiger partial charge in [-0.25, -0.2) is 4.98 Å². The lowest BCUT2D eigenvalue weighted by Gasteiger charge is -2.19. The fourth-order valence-electron chi connectivity index (χ4n) is 2.65. The highest BCUT2D eigenvalue weighted by molar-refractivity contribution is 7.14. The average molecular weight is 488 g/mol. The van der Waals surface area contributed by atoms with Crippen LogP contribution in [0.1, 0.15) is 5.56 Å². The van der Waals surface area contributed by atoms with Crippen LogP contribution in [0.25, 0.3) is 11.3 Å². The number of rotatable bonds is 6. The maximum Gasteiger partial charge on any atom is 0.417 e. The second-order valence-electron chi connectivity index (χ2n) is 6.32. The molecular formula is C20H14Cl2F3N3O2S. The number of hydrogen-bond acceptors (Lipinski definition) is 4. The molecule has 31 heavy (non-hydrogen) atoms. The van der Waals surface area contributed by atoms with E-state index in [9.17, 15) is 22.8 Å². The molecule has 5 nitrogen and oxygen atoms in total. The molecule has 0 N–H and O–H groups in total. The van der Waals surface area contributed by atoms with E-state index >= 15 is 0 Å². The van der Waals surface area contributed by atoms with E-state index in [-0.39, 0.29) is 6.54 Å². The molecule has 0 bridgehead atoms. The van der Waals surface area contributed by atoms with Crippen LogP contribution in [0.5, 0.6) is 0 Å². The largest absolute Gasteiger partial charge is 0.417 e. The first-order chi connectivity index (χ1) is 14.6. The molecule has 11 heteroatoms. The van der Waals surface area contributed by atoms with Gasteiger partial charge < -0.3 is 4.57 Å². The lowest BCUT2D eigenvalue weighted by Crippen LogP contribution is -2.36. The van der Waals surface area contributed by atoms with Crippen LogP contribution in [0.2, 0.25) is 10.0 Å². The van der Waals surface area contributed by atoms with Crippen LogP contribution in [0.15, 0.2) is 59.4 Å². The monoisotopic (exact) mass is 487 g/mol. The number of amides is 1. The fraction of sp³-hybridized carbons (Fsp3) is 0.150. The van der Waals surface area contributed by atoms with Crippen molar-refractivity contribution in [2.75, 3.05) is 11.4 Å². The van der Waals surface area contributed by atoms with Gasteiger partial charge in [0.15, 0.2) is 5.13 Å². The second kappa shape index (κ2) is 9.25. The Bertz CT molecular complexity index is 1190. The van der Waals surface area contributed by atoms with Crippen molar-refractivity contribution < 1.29 is 18.0 Å². The quantitative estimate of drug-likeness (QED) is 0.430. The Balaban J connectivity index is 1.88. The predicted molar refractivity (Wildman–Crippen MR) is 116 cm³/mol. The summed E-state index contributed by atoms with van der Waals surface area (Å²) >= 11 is 13.1. The minimum Gasteiger partial charge on any atom is -0.305 e. The number of benzene rings is 1. The van der Waals surface area contributed by atoms with E-state index in [0.29, 0.717) is 43.3 Å². The standard InChI is InChI=1S/C20H14Cl2F3N3O2S/c1-2-7-28(18(30)10-27-9-13(20(23,24)25)4-6-17(27)29)19-26-16(11-31-19)12-3-5-14(21)15(22)8-12/h2-6,8-9,11H,1,7,10H2. The Kier molecular flexibility index (Phi) is 6.88. The van der Waals surface area contributed by atoms with E-state index in [4.69, 9.17) is 23.2 Å². The molecule has 0 radical (unpaired) electrons. The number of alkyl halides is 3. The molecule has 0 aliphatic rings. The zero-order chi connectivity index (χ0) is 22.8. The van der Waals surface area contributed by atoms with Crippen molar-refractivity contribution in [1.29, 1.82) is 0 Å². The van der Waals surface area contributed by atoms with E-state index in [0.717, 1.165) is 17.4 Å². The normalized spacial score (nSPS) is 11.4. The number of aromatic nitrogens is 2. The summed E-state index contributed by atoms with van der Waals surface area (Å²) in [4.78, 5) is 30.5. The number of nitrogens with zero attached hydrogens (tertiary/aromatic N) is 3. The SMILES string of the molecule is C=CCN(C(=O)Cn1cc(C(F)(F)F)ccc1=O)c1nc(-c2ccc(Cl)c(Cl)c2)cs1.